The Balaban J connectivity index is 2.34. The van der Waals surface area contributed by atoms with E-state index in [1.165, 1.54) is 0 Å². The number of esters is 1. The van der Waals surface area contributed by atoms with Gasteiger partial charge in [0.15, 0.2) is 0 Å². The van der Waals surface area contributed by atoms with Crippen LogP contribution in [0.25, 0.3) is 0 Å². The minimum Gasteiger partial charge on any atom is -0.466 e. The maximum Gasteiger partial charge on any atom is 0.330 e. The average molecular weight is 329 g/mol. The van der Waals surface area contributed by atoms with Crippen molar-refractivity contribution in [3.05, 3.63) is 16.1 Å². The van der Waals surface area contributed by atoms with Crippen molar-refractivity contribution in [1.29, 1.82) is 0 Å². The maximum absolute atomic E-state index is 12.6. The molecular weight excluding hydrogens is 314 g/mol. The van der Waals surface area contributed by atoms with Gasteiger partial charge in [0.05, 0.1) is 25.3 Å². The molecule has 9 heteroatoms. The highest BCUT2D eigenvalue weighted by molar-refractivity contribution is 7.09. The third kappa shape index (κ3) is 6.38. The van der Waals surface area contributed by atoms with Crippen LogP contribution in [0.4, 0.5) is 17.6 Å². The van der Waals surface area contributed by atoms with E-state index >= 15 is 0 Å². The molecule has 1 aromatic rings. The molecule has 0 spiro atoms. The molecule has 120 valence electrons. The van der Waals surface area contributed by atoms with Gasteiger partial charge in [-0.1, -0.05) is 0 Å². The zero-order valence-corrected chi connectivity index (χ0v) is 12.1. The predicted molar refractivity (Wildman–Crippen MR) is 67.7 cm³/mol. The number of carbonyl (C=O) groups excluding carboxylic acids is 1. The first-order valence-electron chi connectivity index (χ1n) is 6.17. The van der Waals surface area contributed by atoms with Crippen molar-refractivity contribution in [2.24, 2.45) is 0 Å². The van der Waals surface area contributed by atoms with E-state index in [1.54, 1.807) is 12.3 Å². The second kappa shape index (κ2) is 8.28. The third-order valence-corrected chi connectivity index (χ3v) is 3.20. The summed E-state index contributed by atoms with van der Waals surface area (Å²) in [4.78, 5) is 15.2. The molecule has 0 radical (unpaired) electrons. The molecule has 0 atom stereocenters. The molecule has 0 aromatic carbocycles. The molecule has 0 N–H and O–H groups in total. The third-order valence-electron chi connectivity index (χ3n) is 2.33. The molecule has 0 saturated carbocycles. The van der Waals surface area contributed by atoms with E-state index < -0.39 is 19.0 Å². The van der Waals surface area contributed by atoms with Gasteiger partial charge in [-0.25, -0.2) is 13.8 Å². The Bertz CT molecular complexity index is 453. The Morgan fingerprint density at radius 3 is 2.81 bits per heavy atom. The van der Waals surface area contributed by atoms with Crippen molar-refractivity contribution < 1.29 is 31.8 Å². The number of carbonyl (C=O) groups is 1. The van der Waals surface area contributed by atoms with Gasteiger partial charge in [-0.15, -0.1) is 11.3 Å². The van der Waals surface area contributed by atoms with Crippen molar-refractivity contribution in [2.45, 2.75) is 38.7 Å². The number of thiazole rings is 1. The molecule has 21 heavy (non-hydrogen) atoms. The van der Waals surface area contributed by atoms with Crippen molar-refractivity contribution in [2.75, 3.05) is 13.2 Å². The van der Waals surface area contributed by atoms with Crippen LogP contribution >= 0.6 is 11.3 Å². The molecule has 0 aliphatic heterocycles. The van der Waals surface area contributed by atoms with Crippen LogP contribution in [0.3, 0.4) is 0 Å². The van der Waals surface area contributed by atoms with Crippen LogP contribution in [0, 0.1) is 0 Å². The van der Waals surface area contributed by atoms with Gasteiger partial charge >= 0.3 is 18.3 Å². The molecule has 0 aliphatic rings. The standard InChI is InChI=1S/C12H15F4NO3S/c1-2-20-10(18)4-3-8-6-21-9(17-8)5-19-7-12(15,16)11(13)14/h6,11H,2-5,7H2,1H3. The van der Waals surface area contributed by atoms with Gasteiger partial charge in [-0.3, -0.25) is 4.79 Å². The second-order valence-electron chi connectivity index (χ2n) is 4.09. The van der Waals surface area contributed by atoms with Gasteiger partial charge in [0.2, 0.25) is 0 Å². The zero-order valence-electron chi connectivity index (χ0n) is 11.3. The Morgan fingerprint density at radius 2 is 2.19 bits per heavy atom. The predicted octanol–water partition coefficient (Wildman–Crippen LogP) is 3.06. The Hall–Kier alpha value is -1.22. The summed E-state index contributed by atoms with van der Waals surface area (Å²) in [6, 6.07) is 0. The largest absolute Gasteiger partial charge is 0.466 e. The van der Waals surface area contributed by atoms with Crippen molar-refractivity contribution >= 4 is 17.3 Å². The number of rotatable bonds is 9. The van der Waals surface area contributed by atoms with Crippen LogP contribution in [0.2, 0.25) is 0 Å². The van der Waals surface area contributed by atoms with Gasteiger partial charge < -0.3 is 9.47 Å². The van der Waals surface area contributed by atoms with Crippen LogP contribution in [0.1, 0.15) is 24.0 Å². The summed E-state index contributed by atoms with van der Waals surface area (Å²) < 4.78 is 58.3. The highest BCUT2D eigenvalue weighted by Crippen LogP contribution is 2.23. The molecule has 0 fully saturated rings. The monoisotopic (exact) mass is 329 g/mol. The number of hydrogen-bond acceptors (Lipinski definition) is 5. The van der Waals surface area contributed by atoms with Crippen LogP contribution < -0.4 is 0 Å². The van der Waals surface area contributed by atoms with Crippen molar-refractivity contribution in [3.63, 3.8) is 0 Å². The summed E-state index contributed by atoms with van der Waals surface area (Å²) in [5.74, 6) is -4.51. The normalized spacial score (nSPS) is 11.9. The van der Waals surface area contributed by atoms with Gasteiger partial charge in [0.1, 0.15) is 11.6 Å². The molecule has 1 heterocycles. The van der Waals surface area contributed by atoms with Crippen LogP contribution in [0.15, 0.2) is 5.38 Å². The quantitative estimate of drug-likeness (QED) is 0.516. The Morgan fingerprint density at radius 1 is 1.48 bits per heavy atom. The van der Waals surface area contributed by atoms with Gasteiger partial charge in [0.25, 0.3) is 0 Å². The maximum atomic E-state index is 12.6. The summed E-state index contributed by atoms with van der Waals surface area (Å²) in [5, 5.41) is 2.04. The highest BCUT2D eigenvalue weighted by atomic mass is 32.1. The average Bonchev–Trinajstić information content (AvgIpc) is 2.84. The summed E-state index contributed by atoms with van der Waals surface area (Å²) >= 11 is 1.15. The number of ether oxygens (including phenoxy) is 2. The molecule has 0 saturated heterocycles. The molecule has 0 bridgehead atoms. The topological polar surface area (TPSA) is 48.4 Å². The van der Waals surface area contributed by atoms with E-state index in [0.29, 0.717) is 23.7 Å². The Labute approximate surface area is 123 Å². The fraction of sp³-hybridized carbons (Fsp3) is 0.667. The van der Waals surface area contributed by atoms with Crippen LogP contribution in [0.5, 0.6) is 0 Å². The fourth-order valence-electron chi connectivity index (χ4n) is 1.33. The van der Waals surface area contributed by atoms with E-state index in [-0.39, 0.29) is 19.0 Å². The van der Waals surface area contributed by atoms with Gasteiger partial charge in [-0.2, -0.15) is 8.78 Å². The van der Waals surface area contributed by atoms with Crippen LogP contribution in [-0.4, -0.2) is 36.5 Å². The summed E-state index contributed by atoms with van der Waals surface area (Å²) in [5.41, 5.74) is 0.604. The lowest BCUT2D eigenvalue weighted by molar-refractivity contribution is -0.168. The Kier molecular flexibility index (Phi) is 7.03. The molecule has 0 amide bonds. The molecule has 0 unspecified atom stereocenters. The van der Waals surface area contributed by atoms with Crippen molar-refractivity contribution in [1.82, 2.24) is 4.98 Å². The first kappa shape index (κ1) is 17.8. The van der Waals surface area contributed by atoms with E-state index in [1.807, 2.05) is 0 Å². The molecule has 1 aromatic heterocycles. The van der Waals surface area contributed by atoms with Gasteiger partial charge in [-0.05, 0) is 6.92 Å². The zero-order chi connectivity index (χ0) is 15.9. The van der Waals surface area contributed by atoms with E-state index in [4.69, 9.17) is 4.74 Å². The first-order valence-corrected chi connectivity index (χ1v) is 7.05. The molecule has 1 rings (SSSR count). The van der Waals surface area contributed by atoms with Gasteiger partial charge in [0, 0.05) is 11.8 Å². The molecular formula is C12H15F4NO3S. The summed E-state index contributed by atoms with van der Waals surface area (Å²) in [6.07, 6.45) is -3.22. The molecule has 0 aliphatic carbocycles. The minimum absolute atomic E-state index is 0.168. The second-order valence-corrected chi connectivity index (χ2v) is 5.03. The van der Waals surface area contributed by atoms with Crippen molar-refractivity contribution in [3.8, 4) is 0 Å². The number of nitrogens with zero attached hydrogens (tertiary/aromatic N) is 1. The van der Waals surface area contributed by atoms with Crippen LogP contribution in [-0.2, 0) is 27.3 Å². The fourth-order valence-corrected chi connectivity index (χ4v) is 2.09. The number of halogens is 4. The minimum atomic E-state index is -4.16. The SMILES string of the molecule is CCOC(=O)CCc1csc(COCC(F)(F)C(F)F)n1. The summed E-state index contributed by atoms with van der Waals surface area (Å²) in [7, 11) is 0. The van der Waals surface area contributed by atoms with E-state index in [9.17, 15) is 22.4 Å². The van der Waals surface area contributed by atoms with E-state index in [2.05, 4.69) is 9.72 Å². The lowest BCUT2D eigenvalue weighted by atomic mass is 10.2. The number of aryl methyl sites for hydroxylation is 1. The highest BCUT2D eigenvalue weighted by Gasteiger charge is 2.40. The number of alkyl halides is 4. The lowest BCUT2D eigenvalue weighted by Gasteiger charge is -2.14. The molecule has 4 nitrogen and oxygen atoms in total. The van der Waals surface area contributed by atoms with E-state index in [0.717, 1.165) is 11.3 Å². The number of aromatic nitrogens is 1. The smallest absolute Gasteiger partial charge is 0.330 e. The lowest BCUT2D eigenvalue weighted by Crippen LogP contribution is -2.32. The summed E-state index contributed by atoms with van der Waals surface area (Å²) in [6.45, 7) is 0.369. The number of hydrogen-bond donors (Lipinski definition) is 0. The first-order chi connectivity index (χ1) is 9.85.